The molecule has 5 nitrogen and oxygen atoms in total. The molecule has 0 aliphatic carbocycles. The van der Waals surface area contributed by atoms with Gasteiger partial charge in [0.25, 0.3) is 0 Å². The minimum atomic E-state index is -0.519. The third-order valence-corrected chi connectivity index (χ3v) is 8.92. The van der Waals surface area contributed by atoms with Gasteiger partial charge in [0, 0.05) is 35.7 Å². The van der Waals surface area contributed by atoms with E-state index >= 15 is 0 Å². The van der Waals surface area contributed by atoms with Crippen molar-refractivity contribution in [2.75, 3.05) is 26.2 Å². The van der Waals surface area contributed by atoms with Crippen molar-refractivity contribution in [3.8, 4) is 11.3 Å². The van der Waals surface area contributed by atoms with Gasteiger partial charge in [-0.15, -0.1) is 11.3 Å². The van der Waals surface area contributed by atoms with Crippen LogP contribution in [0.2, 0.25) is 0 Å². The summed E-state index contributed by atoms with van der Waals surface area (Å²) in [6.45, 7) is 12.1. The first-order valence-corrected chi connectivity index (χ1v) is 14.3. The van der Waals surface area contributed by atoms with Crippen LogP contribution in [0.5, 0.6) is 0 Å². The second-order valence-corrected chi connectivity index (χ2v) is 12.0. The number of fused-ring (bicyclic) bond motifs is 1. The summed E-state index contributed by atoms with van der Waals surface area (Å²) in [5, 5.41) is 4.90. The number of carbonyl (C=O) groups excluding carboxylic acids is 1. The lowest BCUT2D eigenvalue weighted by molar-refractivity contribution is -0.135. The van der Waals surface area contributed by atoms with Gasteiger partial charge in [0.05, 0.1) is 11.1 Å². The van der Waals surface area contributed by atoms with Crippen LogP contribution in [-0.4, -0.2) is 47.0 Å². The molecule has 3 aromatic heterocycles. The third-order valence-electron chi connectivity index (χ3n) is 7.54. The Labute approximate surface area is 224 Å². The summed E-state index contributed by atoms with van der Waals surface area (Å²) in [4.78, 5) is 25.6. The highest BCUT2D eigenvalue weighted by molar-refractivity contribution is 7.19. The van der Waals surface area contributed by atoms with Crippen molar-refractivity contribution in [3.63, 3.8) is 0 Å². The Morgan fingerprint density at radius 3 is 2.41 bits per heavy atom. The van der Waals surface area contributed by atoms with Crippen LogP contribution in [0.4, 0.5) is 0 Å². The van der Waals surface area contributed by atoms with E-state index in [2.05, 4.69) is 79.4 Å². The van der Waals surface area contributed by atoms with Gasteiger partial charge in [0.15, 0.2) is 0 Å². The van der Waals surface area contributed by atoms with Gasteiger partial charge in [0.2, 0.25) is 5.91 Å². The minimum Gasteiger partial charge on any atom is -0.346 e. The zero-order chi connectivity index (χ0) is 26.0. The molecule has 1 aliphatic heterocycles. The summed E-state index contributed by atoms with van der Waals surface area (Å²) >= 11 is 1.74. The molecule has 0 spiro atoms. The maximum atomic E-state index is 13.4. The van der Waals surface area contributed by atoms with Crippen molar-refractivity contribution in [2.45, 2.75) is 58.8 Å². The van der Waals surface area contributed by atoms with Crippen molar-refractivity contribution in [3.05, 3.63) is 75.9 Å². The van der Waals surface area contributed by atoms with Crippen LogP contribution < -0.4 is 5.32 Å². The van der Waals surface area contributed by atoms with Crippen molar-refractivity contribution < 1.29 is 4.79 Å². The predicted molar refractivity (Wildman–Crippen MR) is 154 cm³/mol. The number of rotatable bonds is 9. The Bertz CT molecular complexity index is 1360. The summed E-state index contributed by atoms with van der Waals surface area (Å²) in [5.74, 6) is 0.253. The van der Waals surface area contributed by atoms with E-state index in [4.69, 9.17) is 0 Å². The maximum absolute atomic E-state index is 13.4. The Morgan fingerprint density at radius 2 is 1.70 bits per heavy atom. The normalized spacial score (nSPS) is 14.1. The van der Waals surface area contributed by atoms with E-state index in [1.165, 1.54) is 43.7 Å². The van der Waals surface area contributed by atoms with E-state index in [9.17, 15) is 4.79 Å². The number of aromatic amines is 1. The zero-order valence-electron chi connectivity index (χ0n) is 22.5. The highest BCUT2D eigenvalue weighted by Gasteiger charge is 2.36. The van der Waals surface area contributed by atoms with Gasteiger partial charge in [-0.25, -0.2) is 0 Å². The van der Waals surface area contributed by atoms with Crippen LogP contribution in [0.25, 0.3) is 21.5 Å². The first-order chi connectivity index (χ1) is 17.8. The second-order valence-electron chi connectivity index (χ2n) is 10.9. The number of pyridine rings is 1. The lowest BCUT2D eigenvalue weighted by Crippen LogP contribution is -2.41. The largest absolute Gasteiger partial charge is 0.346 e. The van der Waals surface area contributed by atoms with Gasteiger partial charge in [-0.05, 0) is 113 Å². The van der Waals surface area contributed by atoms with Crippen LogP contribution in [0, 0.1) is 13.8 Å². The fourth-order valence-corrected chi connectivity index (χ4v) is 6.69. The second kappa shape index (κ2) is 10.8. The van der Waals surface area contributed by atoms with Crippen LogP contribution in [0.1, 0.15) is 53.8 Å². The summed E-state index contributed by atoms with van der Waals surface area (Å²) < 4.78 is 0. The number of carbonyl (C=O) groups is 1. The molecule has 2 N–H and O–H groups in total. The number of likely N-dealkylation sites (tertiary alicyclic amines) is 1. The highest BCUT2D eigenvalue weighted by Crippen LogP contribution is 2.41. The maximum Gasteiger partial charge on any atom is 0.233 e. The number of H-pyrrole nitrogens is 1. The number of aromatic nitrogens is 2. The lowest BCUT2D eigenvalue weighted by Gasteiger charge is -2.28. The van der Waals surface area contributed by atoms with Crippen LogP contribution in [0.15, 0.2) is 48.8 Å². The van der Waals surface area contributed by atoms with Crippen molar-refractivity contribution in [1.82, 2.24) is 20.2 Å². The Morgan fingerprint density at radius 1 is 1.03 bits per heavy atom. The molecule has 1 aliphatic rings. The molecule has 0 atom stereocenters. The summed E-state index contributed by atoms with van der Waals surface area (Å²) in [5.41, 5.74) is 7.11. The van der Waals surface area contributed by atoms with Crippen molar-refractivity contribution in [1.29, 1.82) is 0 Å². The van der Waals surface area contributed by atoms with Gasteiger partial charge < -0.3 is 15.2 Å². The monoisotopic (exact) mass is 514 g/mol. The molecule has 1 aromatic carbocycles. The van der Waals surface area contributed by atoms with E-state index in [0.29, 0.717) is 0 Å². The number of hydrogen-bond donors (Lipinski definition) is 2. The highest BCUT2D eigenvalue weighted by atomic mass is 32.1. The first kappa shape index (κ1) is 25.7. The Hall–Kier alpha value is -2.96. The van der Waals surface area contributed by atoms with Gasteiger partial charge in [-0.3, -0.25) is 9.78 Å². The zero-order valence-corrected chi connectivity index (χ0v) is 23.3. The fourth-order valence-electron chi connectivity index (χ4n) is 5.51. The van der Waals surface area contributed by atoms with E-state index in [-0.39, 0.29) is 5.91 Å². The molecule has 0 saturated carbocycles. The lowest BCUT2D eigenvalue weighted by atomic mass is 9.89. The number of thiophene rings is 1. The number of nitrogens with zero attached hydrogens (tertiary/aromatic N) is 2. The standard InChI is InChI=1S/C31H38N4OS/c1-21-17-22(2)19-24(18-21)28-25(10-14-33-13-9-23-7-11-32-12-8-23)26-20-27(37-29(26)34-28)31(3,4)30(36)35-15-5-6-16-35/h7-8,11-12,17-20,33-34H,5-6,9-10,13-16H2,1-4H3. The quantitative estimate of drug-likeness (QED) is 0.262. The first-order valence-electron chi connectivity index (χ1n) is 13.5. The van der Waals surface area contributed by atoms with Gasteiger partial charge in [0.1, 0.15) is 4.83 Å². The summed E-state index contributed by atoms with van der Waals surface area (Å²) in [7, 11) is 0. The summed E-state index contributed by atoms with van der Waals surface area (Å²) in [6.07, 6.45) is 7.85. The molecule has 0 bridgehead atoms. The molecule has 5 rings (SSSR count). The van der Waals surface area contributed by atoms with Crippen LogP contribution >= 0.6 is 11.3 Å². The molecule has 1 amide bonds. The van der Waals surface area contributed by atoms with Gasteiger partial charge in [-0.2, -0.15) is 0 Å². The minimum absolute atomic E-state index is 0.253. The molecule has 37 heavy (non-hydrogen) atoms. The Balaban J connectivity index is 1.41. The van der Waals surface area contributed by atoms with Crippen molar-refractivity contribution >= 4 is 27.5 Å². The number of amides is 1. The summed E-state index contributed by atoms with van der Waals surface area (Å²) in [6, 6.07) is 13.2. The topological polar surface area (TPSA) is 61.0 Å². The number of aryl methyl sites for hydroxylation is 2. The molecule has 6 heteroatoms. The van der Waals surface area contributed by atoms with E-state index in [1.807, 2.05) is 17.3 Å². The number of nitrogens with one attached hydrogen (secondary N) is 2. The molecule has 4 heterocycles. The molecule has 0 unspecified atom stereocenters. The molecule has 1 fully saturated rings. The number of hydrogen-bond acceptors (Lipinski definition) is 4. The van der Waals surface area contributed by atoms with Gasteiger partial charge in [-0.1, -0.05) is 17.2 Å². The molecular formula is C31H38N4OS. The average molecular weight is 515 g/mol. The number of benzene rings is 1. The third kappa shape index (κ3) is 5.51. The molecular weight excluding hydrogens is 476 g/mol. The molecule has 0 radical (unpaired) electrons. The molecule has 1 saturated heterocycles. The molecule has 194 valence electrons. The van der Waals surface area contributed by atoms with Crippen LogP contribution in [-0.2, 0) is 23.1 Å². The van der Waals surface area contributed by atoms with Crippen LogP contribution in [0.3, 0.4) is 0 Å². The van der Waals surface area contributed by atoms with E-state index < -0.39 is 5.41 Å². The van der Waals surface area contributed by atoms with E-state index in [1.54, 1.807) is 11.3 Å². The van der Waals surface area contributed by atoms with Gasteiger partial charge >= 0.3 is 0 Å². The Kier molecular flexibility index (Phi) is 7.50. The van der Waals surface area contributed by atoms with Crippen molar-refractivity contribution in [2.24, 2.45) is 0 Å². The smallest absolute Gasteiger partial charge is 0.233 e. The fraction of sp³-hybridized carbons (Fsp3) is 0.419. The average Bonchev–Trinajstić information content (AvgIpc) is 3.61. The van der Waals surface area contributed by atoms with E-state index in [0.717, 1.165) is 56.7 Å². The molecule has 4 aromatic rings. The SMILES string of the molecule is Cc1cc(C)cc(-c2[nH]c3sc(C(C)(C)C(=O)N4CCCC4)cc3c2CCNCCc2ccncc2)c1. The predicted octanol–water partition coefficient (Wildman–Crippen LogP) is 6.18.